The molecule has 8 heteroatoms. The van der Waals surface area contributed by atoms with Gasteiger partial charge in [0.25, 0.3) is 0 Å². The van der Waals surface area contributed by atoms with Crippen LogP contribution in [0.2, 0.25) is 0 Å². The first-order valence-corrected chi connectivity index (χ1v) is 5.42. The van der Waals surface area contributed by atoms with Gasteiger partial charge in [-0.05, 0) is 12.5 Å². The Morgan fingerprint density at radius 3 is 1.62 bits per heavy atom. The van der Waals surface area contributed by atoms with Crippen LogP contribution in [0.15, 0.2) is 38.0 Å². The topological polar surface area (TPSA) is 113 Å². The maximum absolute atomic E-state index is 10.2. The van der Waals surface area contributed by atoms with Gasteiger partial charge < -0.3 is 24.5 Å². The van der Waals surface area contributed by atoms with Crippen molar-refractivity contribution in [2.45, 2.75) is 13.3 Å². The van der Waals surface area contributed by atoms with Crippen molar-refractivity contribution in [3.05, 3.63) is 38.0 Å². The molecule has 0 aliphatic rings. The van der Waals surface area contributed by atoms with Gasteiger partial charge in [-0.3, -0.25) is 0 Å². The van der Waals surface area contributed by atoms with Gasteiger partial charge in [-0.15, -0.1) is 0 Å². The second kappa shape index (κ2) is 23.3. The number of aliphatic hydroxyl groups excluding tert-OH is 1. The Labute approximate surface area is 136 Å². The van der Waals surface area contributed by atoms with E-state index >= 15 is 0 Å². The van der Waals surface area contributed by atoms with Gasteiger partial charge in [0.05, 0.1) is 12.6 Å². The van der Waals surface area contributed by atoms with Crippen LogP contribution in [0.4, 0.5) is 0 Å². The molecule has 0 radical (unpaired) electrons. The third kappa shape index (κ3) is 38.1. The zero-order valence-electron chi connectivity index (χ0n) is 12.4. The van der Waals surface area contributed by atoms with Crippen molar-refractivity contribution in [3.63, 3.8) is 0 Å². The van der Waals surface area contributed by atoms with Gasteiger partial charge in [0, 0.05) is 12.2 Å². The van der Waals surface area contributed by atoms with Crippen molar-refractivity contribution < 1.29 is 52.9 Å². The molecule has 0 aromatic rings. The number of ether oxygens (including phenoxy) is 2. The Kier molecular flexibility index (Phi) is 30.5. The van der Waals surface area contributed by atoms with E-state index in [-0.39, 0.29) is 24.8 Å². The number of rotatable bonds is 6. The summed E-state index contributed by atoms with van der Waals surface area (Å²) in [6.07, 6.45) is 3.73. The van der Waals surface area contributed by atoms with Crippen molar-refractivity contribution in [1.82, 2.24) is 0 Å². The van der Waals surface area contributed by atoms with Crippen LogP contribution in [0.3, 0.4) is 0 Å². The standard InChI is InChI=1S/C6H10O2.C4H6O3.C3H4O2.Li/c1-3-5-8-6(7)4-2;1-2-4(6)7-3-5;1-2-3(4)5;/h4H,2-3,5H2,1H3;2,5H,1,3H2;2H,1H2,(H,4,5);/q;;;+1/p-1. The number of hydrogen-bond acceptors (Lipinski definition) is 7. The van der Waals surface area contributed by atoms with E-state index in [1.54, 1.807) is 0 Å². The Morgan fingerprint density at radius 2 is 1.43 bits per heavy atom. The van der Waals surface area contributed by atoms with Crippen molar-refractivity contribution in [2.24, 2.45) is 0 Å². The summed E-state index contributed by atoms with van der Waals surface area (Å²) in [6.45, 7) is 11.1. The van der Waals surface area contributed by atoms with Gasteiger partial charge >= 0.3 is 30.8 Å². The number of carbonyl (C=O) groups is 3. The molecule has 0 bridgehead atoms. The van der Waals surface area contributed by atoms with E-state index in [9.17, 15) is 9.59 Å². The molecule has 0 heterocycles. The molecular weight excluding hydrogens is 275 g/mol. The molecule has 0 atom stereocenters. The van der Waals surface area contributed by atoms with Crippen LogP contribution in [-0.2, 0) is 23.9 Å². The first-order valence-electron chi connectivity index (χ1n) is 5.42. The normalized spacial score (nSPS) is 7.14. The molecule has 0 aliphatic carbocycles. The predicted octanol–water partition coefficient (Wildman–Crippen LogP) is -3.28. The van der Waals surface area contributed by atoms with E-state index < -0.39 is 18.7 Å². The van der Waals surface area contributed by atoms with Gasteiger partial charge in [0.1, 0.15) is 0 Å². The molecule has 0 amide bonds. The number of carbonyl (C=O) groups excluding carboxylic acids is 3. The number of esters is 2. The maximum atomic E-state index is 10.2. The fourth-order valence-corrected chi connectivity index (χ4v) is 0.384. The molecule has 0 rings (SSSR count). The largest absolute Gasteiger partial charge is 1.00 e. The van der Waals surface area contributed by atoms with E-state index in [4.69, 9.17) is 15.0 Å². The Hall–Kier alpha value is -1.81. The van der Waals surface area contributed by atoms with Gasteiger partial charge in [0.15, 0.2) is 6.79 Å². The molecule has 0 saturated heterocycles. The summed E-state index contributed by atoms with van der Waals surface area (Å²) in [7, 11) is 0. The van der Waals surface area contributed by atoms with E-state index in [0.29, 0.717) is 6.61 Å². The summed E-state index contributed by atoms with van der Waals surface area (Å²) in [6, 6.07) is 0. The molecule has 7 nitrogen and oxygen atoms in total. The van der Waals surface area contributed by atoms with Crippen molar-refractivity contribution in [1.29, 1.82) is 0 Å². The zero-order chi connectivity index (χ0) is 16.4. The third-order valence-corrected chi connectivity index (χ3v) is 1.16. The van der Waals surface area contributed by atoms with Crippen LogP contribution in [0.1, 0.15) is 13.3 Å². The Morgan fingerprint density at radius 1 is 1.05 bits per heavy atom. The van der Waals surface area contributed by atoms with E-state index in [1.807, 2.05) is 6.92 Å². The summed E-state index contributed by atoms with van der Waals surface area (Å²) in [5.41, 5.74) is 0. The van der Waals surface area contributed by atoms with Crippen molar-refractivity contribution in [2.75, 3.05) is 13.4 Å². The molecule has 0 aromatic heterocycles. The molecule has 0 saturated carbocycles. The molecule has 0 unspecified atom stereocenters. The van der Waals surface area contributed by atoms with Crippen LogP contribution < -0.4 is 24.0 Å². The second-order valence-corrected chi connectivity index (χ2v) is 2.69. The number of carboxylic acids is 1. The molecular formula is C13H19LiO7. The van der Waals surface area contributed by atoms with Crippen LogP contribution in [0.25, 0.3) is 0 Å². The molecule has 114 valence electrons. The quantitative estimate of drug-likeness (QED) is 0.236. The second-order valence-electron chi connectivity index (χ2n) is 2.69. The fourth-order valence-electron chi connectivity index (χ4n) is 0.384. The average molecular weight is 294 g/mol. The van der Waals surface area contributed by atoms with E-state index in [0.717, 1.165) is 24.6 Å². The zero-order valence-corrected chi connectivity index (χ0v) is 12.4. The summed E-state index contributed by atoms with van der Waals surface area (Å²) in [4.78, 5) is 29.3. The Bertz CT molecular complexity index is 326. The monoisotopic (exact) mass is 294 g/mol. The van der Waals surface area contributed by atoms with Crippen LogP contribution in [0.5, 0.6) is 0 Å². The van der Waals surface area contributed by atoms with E-state index in [1.165, 1.54) is 0 Å². The number of aliphatic hydroxyl groups is 1. The summed E-state index contributed by atoms with van der Waals surface area (Å²) in [5, 5.41) is 17.0. The molecule has 0 aromatic carbocycles. The summed E-state index contributed by atoms with van der Waals surface area (Å²) < 4.78 is 8.57. The molecule has 21 heavy (non-hydrogen) atoms. The van der Waals surface area contributed by atoms with Gasteiger partial charge in [-0.1, -0.05) is 26.7 Å². The van der Waals surface area contributed by atoms with Gasteiger partial charge in [-0.2, -0.15) is 0 Å². The van der Waals surface area contributed by atoms with Crippen molar-refractivity contribution >= 4 is 17.9 Å². The van der Waals surface area contributed by atoms with Crippen LogP contribution in [-0.4, -0.2) is 36.4 Å². The molecule has 0 fully saturated rings. The first kappa shape index (κ1) is 27.5. The summed E-state index contributed by atoms with van der Waals surface area (Å²) in [5.74, 6) is -2.18. The van der Waals surface area contributed by atoms with Crippen LogP contribution >= 0.6 is 0 Å². The van der Waals surface area contributed by atoms with Crippen molar-refractivity contribution in [3.8, 4) is 0 Å². The van der Waals surface area contributed by atoms with Gasteiger partial charge in [-0.25, -0.2) is 9.59 Å². The molecule has 0 spiro atoms. The van der Waals surface area contributed by atoms with Gasteiger partial charge in [0.2, 0.25) is 0 Å². The SMILES string of the molecule is C=CC(=O)OCCC.C=CC(=O)OCO.C=CC(=O)[O-].[Li+]. The molecule has 1 N–H and O–H groups in total. The predicted molar refractivity (Wildman–Crippen MR) is 70.0 cm³/mol. The number of hydrogen-bond donors (Lipinski definition) is 1. The maximum Gasteiger partial charge on any atom is 1.00 e. The minimum Gasteiger partial charge on any atom is -0.545 e. The smallest absolute Gasteiger partial charge is 0.545 e. The summed E-state index contributed by atoms with van der Waals surface area (Å²) >= 11 is 0. The Balaban J connectivity index is -0.000000103. The average Bonchev–Trinajstić information content (AvgIpc) is 2.46. The third-order valence-electron chi connectivity index (χ3n) is 1.16. The number of carboxylic acid groups (broad SMARTS) is 1. The number of aliphatic carboxylic acids is 1. The molecule has 0 aliphatic heterocycles. The van der Waals surface area contributed by atoms with E-state index in [2.05, 4.69) is 29.2 Å². The first-order chi connectivity index (χ1) is 9.39. The fraction of sp³-hybridized carbons (Fsp3) is 0.308. The van der Waals surface area contributed by atoms with Crippen LogP contribution in [0, 0.1) is 0 Å². The minimum absolute atomic E-state index is 0. The minimum atomic E-state index is -1.23.